The number of ether oxygens (including phenoxy) is 1. The number of carboxylic acids is 1. The Bertz CT molecular complexity index is 4070. The summed E-state index contributed by atoms with van der Waals surface area (Å²) in [5, 5.41) is 27.1. The van der Waals surface area contributed by atoms with E-state index in [2.05, 4.69) is 36.2 Å². The van der Waals surface area contributed by atoms with Crippen molar-refractivity contribution >= 4 is 52.9 Å². The number of carbonyl (C=O) groups excluding carboxylic acids is 8. The third kappa shape index (κ3) is 24.6. The van der Waals surface area contributed by atoms with Gasteiger partial charge in [0.1, 0.15) is 17.3 Å². The van der Waals surface area contributed by atoms with E-state index in [4.69, 9.17) is 9.84 Å². The van der Waals surface area contributed by atoms with Crippen molar-refractivity contribution in [3.63, 3.8) is 0 Å². The summed E-state index contributed by atoms with van der Waals surface area (Å²) < 4.78 is 129. The van der Waals surface area contributed by atoms with Crippen molar-refractivity contribution < 1.29 is 92.5 Å². The summed E-state index contributed by atoms with van der Waals surface area (Å²) >= 11 is 0. The maximum Gasteiger partial charge on any atom is 0.435 e. The number of amides is 4. The second-order valence-electron chi connectivity index (χ2n) is 26.0. The van der Waals surface area contributed by atoms with Gasteiger partial charge in [-0.3, -0.25) is 48.1 Å². The maximum atomic E-state index is 13.5. The second-order valence-corrected chi connectivity index (χ2v) is 26.0. The molecule has 3 aromatic carbocycles. The fraction of sp³-hybridized carbons (Fsp3) is 0.461. The van der Waals surface area contributed by atoms with Gasteiger partial charge in [-0.2, -0.15) is 54.8 Å². The fourth-order valence-corrected chi connectivity index (χ4v) is 13.0. The highest BCUT2D eigenvalue weighted by molar-refractivity contribution is 5.97. The van der Waals surface area contributed by atoms with Crippen molar-refractivity contribution in [1.29, 1.82) is 0 Å². The average Bonchev–Trinajstić information content (AvgIpc) is 1.66. The van der Waals surface area contributed by atoms with E-state index in [0.29, 0.717) is 113 Å². The van der Waals surface area contributed by atoms with Crippen LogP contribution in [0.5, 0.6) is 0 Å². The molecular formula is C76H90F9N11O11. The third-order valence-corrected chi connectivity index (χ3v) is 18.7. The van der Waals surface area contributed by atoms with E-state index >= 15 is 0 Å². The molecule has 0 saturated heterocycles. The topological polar surface area (TPSA) is 289 Å². The minimum absolute atomic E-state index is 0. The van der Waals surface area contributed by atoms with Crippen LogP contribution in [0.2, 0.25) is 0 Å². The predicted octanol–water partition coefficient (Wildman–Crippen LogP) is 13.9. The molecule has 0 aliphatic heterocycles. The number of carboxylic acid groups (broad SMARTS) is 1. The molecule has 3 fully saturated rings. The minimum atomic E-state index is -4.80. The SMILES string of the molecule is C.C.CN(Cc1cccnc1)C(=O)C1CCC(C(=O)CCCNC(=O)c2cn(-c3ccccc3)nc2C(F)(F)F)CC1.COC(=O)C1CCC(C(=O)CCCNC(=O)c2cn(-c3ccccc3)nc2C(F)(F)F)CC1.O=C(NCCCC(=O)C1CCC(C(=O)O)CC1)c1cn(-c2ccccc2)nc1C(F)(F)F. The van der Waals surface area contributed by atoms with Gasteiger partial charge in [-0.25, -0.2) is 14.0 Å². The number of hydrogen-bond acceptors (Lipinski definition) is 14. The molecule has 578 valence electrons. The molecule has 0 unspecified atom stereocenters. The monoisotopic (exact) mass is 1500 g/mol. The number of nitrogens with one attached hydrogen (secondary N) is 3. The Hall–Kier alpha value is -10.4. The van der Waals surface area contributed by atoms with Crippen LogP contribution in [0.25, 0.3) is 17.1 Å². The first-order valence-electron chi connectivity index (χ1n) is 34.5. The number of hydrogen-bond donors (Lipinski definition) is 4. The summed E-state index contributed by atoms with van der Waals surface area (Å²) in [4.78, 5) is 116. The molecule has 4 N–H and O–H groups in total. The van der Waals surface area contributed by atoms with Crippen LogP contribution < -0.4 is 16.0 Å². The maximum absolute atomic E-state index is 13.5. The number of halogens is 9. The van der Waals surface area contributed by atoms with E-state index in [1.807, 2.05) is 12.1 Å². The van der Waals surface area contributed by atoms with Gasteiger partial charge < -0.3 is 30.7 Å². The van der Waals surface area contributed by atoms with Gasteiger partial charge in [-0.05, 0) is 144 Å². The first-order chi connectivity index (χ1) is 50.0. The Balaban J connectivity index is 0.000000251. The Morgan fingerprint density at radius 3 is 1.06 bits per heavy atom. The number of benzene rings is 3. The smallest absolute Gasteiger partial charge is 0.435 e. The van der Waals surface area contributed by atoms with Crippen molar-refractivity contribution in [2.24, 2.45) is 35.5 Å². The predicted molar refractivity (Wildman–Crippen MR) is 376 cm³/mol. The quantitative estimate of drug-likeness (QED) is 0.0223. The van der Waals surface area contributed by atoms with Gasteiger partial charge in [0.2, 0.25) is 5.91 Å². The number of aromatic nitrogens is 7. The van der Waals surface area contributed by atoms with Crippen molar-refractivity contribution in [1.82, 2.24) is 55.2 Å². The molecule has 3 aliphatic rings. The normalized spacial score (nSPS) is 17.8. The molecule has 0 atom stereocenters. The number of Topliss-reactive ketones (excluding diaryl/α,β-unsaturated/α-hetero) is 3. The number of carbonyl (C=O) groups is 9. The number of alkyl halides is 9. The van der Waals surface area contributed by atoms with E-state index in [1.165, 1.54) is 7.11 Å². The average molecular weight is 1500 g/mol. The Morgan fingerprint density at radius 2 is 0.766 bits per heavy atom. The second kappa shape index (κ2) is 39.8. The number of methoxy groups -OCH3 is 1. The van der Waals surface area contributed by atoms with E-state index in [1.54, 1.807) is 115 Å². The van der Waals surface area contributed by atoms with Gasteiger partial charge in [0, 0.05) is 107 Å². The van der Waals surface area contributed by atoms with Crippen molar-refractivity contribution in [3.05, 3.63) is 173 Å². The molecule has 3 saturated carbocycles. The summed E-state index contributed by atoms with van der Waals surface area (Å²) in [6.45, 7) is 0.652. The minimum Gasteiger partial charge on any atom is -0.481 e. The molecular weight excluding hydrogens is 1410 g/mol. The van der Waals surface area contributed by atoms with E-state index in [-0.39, 0.29) is 119 Å². The molecule has 10 rings (SSSR count). The summed E-state index contributed by atoms with van der Waals surface area (Å²) in [6.07, 6.45) is 0.624. The summed E-state index contributed by atoms with van der Waals surface area (Å²) in [7, 11) is 3.11. The highest BCUT2D eigenvalue weighted by Crippen LogP contribution is 2.37. The zero-order valence-corrected chi connectivity index (χ0v) is 57.7. The zero-order chi connectivity index (χ0) is 76.0. The summed E-state index contributed by atoms with van der Waals surface area (Å²) in [5.74, 6) is -4.81. The number of para-hydroxylation sites is 3. The van der Waals surface area contributed by atoms with Gasteiger partial charge >= 0.3 is 30.5 Å². The first-order valence-corrected chi connectivity index (χ1v) is 34.5. The van der Waals surface area contributed by atoms with Crippen LogP contribution in [0.3, 0.4) is 0 Å². The van der Waals surface area contributed by atoms with Gasteiger partial charge in [-0.15, -0.1) is 0 Å². The van der Waals surface area contributed by atoms with Crippen LogP contribution in [0, 0.1) is 35.5 Å². The molecule has 31 heteroatoms. The lowest BCUT2D eigenvalue weighted by Gasteiger charge is -2.30. The van der Waals surface area contributed by atoms with Crippen molar-refractivity contribution in [3.8, 4) is 17.1 Å². The van der Waals surface area contributed by atoms with Gasteiger partial charge in [-0.1, -0.05) is 75.5 Å². The van der Waals surface area contributed by atoms with E-state index < -0.39 is 81.9 Å². The number of ketones is 3. The molecule has 0 spiro atoms. The van der Waals surface area contributed by atoms with Gasteiger partial charge in [0.15, 0.2) is 17.1 Å². The van der Waals surface area contributed by atoms with Crippen LogP contribution in [-0.2, 0) is 58.6 Å². The molecule has 0 bridgehead atoms. The fourth-order valence-electron chi connectivity index (χ4n) is 13.0. The lowest BCUT2D eigenvalue weighted by Crippen LogP contribution is -2.35. The van der Waals surface area contributed by atoms with Crippen LogP contribution >= 0.6 is 0 Å². The number of esters is 1. The van der Waals surface area contributed by atoms with Gasteiger partial charge in [0.25, 0.3) is 17.7 Å². The molecule has 107 heavy (non-hydrogen) atoms. The van der Waals surface area contributed by atoms with Crippen molar-refractivity contribution in [2.75, 3.05) is 33.8 Å². The Kier molecular flexibility index (Phi) is 31.9. The standard InChI is InChI=1S/C29H32F3N5O3.C23H26F3N3O4.C22H24F3N3O4.2CH4/c1-36(18-20-7-5-15-33-17-20)28(40)22-13-11-21(12-14-22)25(38)10-6-16-34-27(39)24-19-37(23-8-3-2-4-9-23)35-26(24)29(30,31)32;1-33-22(32)16-11-9-15(10-12-16)19(30)8-5-13-27-21(31)18-14-29(17-6-3-2-4-7-17)28-20(18)23(24,25)26;23-22(24,25)19-17(13-28(27-19)16-5-2-1-3-6-16)20(30)26-12-4-7-18(29)14-8-10-15(11-9-14)21(31)32;;/h2-5,7-9,15,17,19,21-22H,6,10-14,16,18H2,1H3,(H,34,39);2-4,6-7,14-16H,5,8-13H2,1H3,(H,27,31);1-3,5-6,13-15H,4,7-12H2,(H,26,30)(H,31,32);2*1H4. The Labute approximate surface area is 613 Å². The highest BCUT2D eigenvalue weighted by Gasteiger charge is 2.43. The lowest BCUT2D eigenvalue weighted by atomic mass is 9.78. The molecule has 7 aromatic rings. The lowest BCUT2D eigenvalue weighted by molar-refractivity contribution is -0.147. The first kappa shape index (κ1) is 85.6. The molecule has 3 aliphatic carbocycles. The van der Waals surface area contributed by atoms with E-state index in [0.717, 1.165) is 38.2 Å². The summed E-state index contributed by atoms with van der Waals surface area (Å²) in [5.41, 5.74) is -3.38. The van der Waals surface area contributed by atoms with E-state index in [9.17, 15) is 82.7 Å². The summed E-state index contributed by atoms with van der Waals surface area (Å²) in [6, 6.07) is 28.3. The van der Waals surface area contributed by atoms with Crippen molar-refractivity contribution in [2.45, 2.75) is 156 Å². The van der Waals surface area contributed by atoms with Crippen LogP contribution in [-0.4, -0.2) is 131 Å². The molecule has 4 amide bonds. The third-order valence-electron chi connectivity index (χ3n) is 18.7. The number of pyridine rings is 1. The number of aliphatic carboxylic acids is 1. The van der Waals surface area contributed by atoms with Crippen LogP contribution in [0.4, 0.5) is 39.5 Å². The largest absolute Gasteiger partial charge is 0.481 e. The number of rotatable bonds is 26. The zero-order valence-electron chi connectivity index (χ0n) is 57.7. The Morgan fingerprint density at radius 1 is 0.458 bits per heavy atom. The molecule has 4 heterocycles. The van der Waals surface area contributed by atoms with Crippen LogP contribution in [0.1, 0.15) is 184 Å². The van der Waals surface area contributed by atoms with Crippen LogP contribution in [0.15, 0.2) is 134 Å². The number of nitrogens with zero attached hydrogens (tertiary/aromatic N) is 8. The van der Waals surface area contributed by atoms with Gasteiger partial charge in [0.05, 0.1) is 52.7 Å². The molecule has 0 radical (unpaired) electrons. The molecule has 22 nitrogen and oxygen atoms in total. The molecule has 4 aromatic heterocycles. The highest BCUT2D eigenvalue weighted by atomic mass is 19.4.